The Morgan fingerprint density at radius 2 is 1.97 bits per heavy atom. The average Bonchev–Trinajstić information content (AvgIpc) is 3.10. The van der Waals surface area contributed by atoms with Crippen molar-refractivity contribution in [1.29, 1.82) is 5.41 Å². The molecule has 2 rings (SSSR count). The number of rotatable bonds is 11. The van der Waals surface area contributed by atoms with Gasteiger partial charge in [-0.3, -0.25) is 13.8 Å². The van der Waals surface area contributed by atoms with Crippen LogP contribution >= 0.6 is 0 Å². The maximum Gasteiger partial charge on any atom is 0.328 e. The van der Waals surface area contributed by atoms with Crippen molar-refractivity contribution in [2.75, 3.05) is 6.26 Å². The van der Waals surface area contributed by atoms with Crippen LogP contribution in [0.3, 0.4) is 0 Å². The second-order valence-electron chi connectivity index (χ2n) is 7.25. The first kappa shape index (κ1) is 23.5. The van der Waals surface area contributed by atoms with E-state index in [1.807, 2.05) is 24.3 Å². The molecule has 2 aromatic rings. The average molecular weight is 434 g/mol. The molecule has 0 radical (unpaired) electrons. The number of ketones is 1. The van der Waals surface area contributed by atoms with Gasteiger partial charge in [-0.1, -0.05) is 18.2 Å². The molecule has 0 saturated heterocycles. The quantitative estimate of drug-likeness (QED) is 0.368. The highest BCUT2D eigenvalue weighted by molar-refractivity contribution is 7.85. The maximum absolute atomic E-state index is 12.9. The molecule has 1 amide bonds. The lowest BCUT2D eigenvalue weighted by Crippen LogP contribution is -2.48. The summed E-state index contributed by atoms with van der Waals surface area (Å²) in [7, 11) is -1.50. The monoisotopic (exact) mass is 433 g/mol. The highest BCUT2D eigenvalue weighted by Crippen LogP contribution is 2.20. The molecule has 0 aliphatic rings. The number of ether oxygens (including phenoxy) is 1. The van der Waals surface area contributed by atoms with Crippen LogP contribution in [-0.4, -0.2) is 56.7 Å². The van der Waals surface area contributed by atoms with Crippen molar-refractivity contribution >= 4 is 45.6 Å². The number of fused-ring (bicyclic) bond motifs is 1. The minimum Gasteiger partial charge on any atom is -0.461 e. The summed E-state index contributed by atoms with van der Waals surface area (Å²) in [5, 5.41) is 9.65. The van der Waals surface area contributed by atoms with E-state index in [1.165, 1.54) is 6.26 Å². The van der Waals surface area contributed by atoms with Crippen LogP contribution in [0.25, 0.3) is 10.9 Å². The predicted octanol–water partition coefficient (Wildman–Crippen LogP) is 1.89. The Kier molecular flexibility index (Phi) is 8.46. The van der Waals surface area contributed by atoms with Crippen molar-refractivity contribution in [2.24, 2.45) is 0 Å². The van der Waals surface area contributed by atoms with Crippen molar-refractivity contribution in [3.8, 4) is 0 Å². The lowest BCUT2D eigenvalue weighted by Gasteiger charge is -2.21. The summed E-state index contributed by atoms with van der Waals surface area (Å²) < 4.78 is 17.5. The molecule has 0 spiro atoms. The summed E-state index contributed by atoms with van der Waals surface area (Å²) in [5.74, 6) is -1.67. The van der Waals surface area contributed by atoms with E-state index in [4.69, 9.17) is 10.1 Å². The maximum atomic E-state index is 12.9. The number of H-pyrrole nitrogens is 1. The molecule has 0 aliphatic heterocycles. The van der Waals surface area contributed by atoms with Crippen LogP contribution in [-0.2, 0) is 36.3 Å². The minimum atomic E-state index is -1.50. The van der Waals surface area contributed by atoms with Gasteiger partial charge in [-0.05, 0) is 38.3 Å². The van der Waals surface area contributed by atoms with Crippen LogP contribution in [0.2, 0.25) is 0 Å². The molecule has 1 aromatic carbocycles. The molecular formula is C21H27N3O5S. The van der Waals surface area contributed by atoms with Crippen molar-refractivity contribution in [2.45, 2.75) is 50.5 Å². The molecule has 0 aliphatic carbocycles. The molecule has 8 nitrogen and oxygen atoms in total. The number of hydrogen-bond acceptors (Lipinski definition) is 6. The highest BCUT2D eigenvalue weighted by atomic mass is 32.2. The summed E-state index contributed by atoms with van der Waals surface area (Å²) >= 11 is 0. The van der Waals surface area contributed by atoms with Crippen LogP contribution < -0.4 is 5.32 Å². The fraction of sp³-hybridized carbons (Fsp3) is 0.429. The van der Waals surface area contributed by atoms with Gasteiger partial charge >= 0.3 is 5.97 Å². The van der Waals surface area contributed by atoms with E-state index in [-0.39, 0.29) is 19.3 Å². The second-order valence-corrected chi connectivity index (χ2v) is 8.81. The summed E-state index contributed by atoms with van der Waals surface area (Å²) in [6, 6.07) is 6.55. The zero-order chi connectivity index (χ0) is 22.3. The second kappa shape index (κ2) is 10.8. The largest absolute Gasteiger partial charge is 0.461 e. The van der Waals surface area contributed by atoms with Gasteiger partial charge in [0.2, 0.25) is 5.91 Å². The number of aromatic amines is 1. The molecule has 0 bridgehead atoms. The van der Waals surface area contributed by atoms with Gasteiger partial charge in [0.1, 0.15) is 11.3 Å². The van der Waals surface area contributed by atoms with Gasteiger partial charge in [0.15, 0.2) is 5.78 Å². The van der Waals surface area contributed by atoms with Gasteiger partial charge in [0, 0.05) is 40.6 Å². The van der Waals surface area contributed by atoms with E-state index in [9.17, 15) is 18.6 Å². The number of Topliss-reactive ketones (excluding diaryl/α,β-unsaturated/α-hetero) is 1. The van der Waals surface area contributed by atoms with Gasteiger partial charge in [0.05, 0.1) is 12.3 Å². The molecule has 0 fully saturated rings. The number of aromatic nitrogens is 1. The number of para-hydroxylation sites is 1. The van der Waals surface area contributed by atoms with E-state index in [0.717, 1.165) is 16.5 Å². The lowest BCUT2D eigenvalue weighted by atomic mass is 10.1. The van der Waals surface area contributed by atoms with Gasteiger partial charge in [0.25, 0.3) is 0 Å². The molecular weight excluding hydrogens is 406 g/mol. The van der Waals surface area contributed by atoms with Gasteiger partial charge in [-0.15, -0.1) is 0 Å². The van der Waals surface area contributed by atoms with E-state index in [1.54, 1.807) is 20.0 Å². The van der Waals surface area contributed by atoms with E-state index >= 15 is 0 Å². The Labute approximate surface area is 177 Å². The molecule has 30 heavy (non-hydrogen) atoms. The molecule has 1 aromatic heterocycles. The summed E-state index contributed by atoms with van der Waals surface area (Å²) in [6.07, 6.45) is 3.66. The number of hydrogen-bond donors (Lipinski definition) is 3. The van der Waals surface area contributed by atoms with E-state index in [2.05, 4.69) is 10.3 Å². The standard InChI is InChI=1S/C21H27N3O5S/c1-13(2)29-21(27)18(9-8-15(25)11-22)24-20(26)19(30(3)28)10-14-12-23-17-7-5-4-6-16(14)17/h4-7,11-13,18-19,22-23H,8-10H2,1-3H3,(H,24,26)/t18-,19-,30?/m0/s1. The molecule has 3 N–H and O–H groups in total. The first-order chi connectivity index (χ1) is 14.2. The summed E-state index contributed by atoms with van der Waals surface area (Å²) in [6.45, 7) is 3.36. The van der Waals surface area contributed by atoms with Crippen LogP contribution in [0.4, 0.5) is 0 Å². The molecule has 0 saturated carbocycles. The molecule has 9 heteroatoms. The number of esters is 1. The van der Waals surface area contributed by atoms with Gasteiger partial charge < -0.3 is 20.4 Å². The SMILES string of the molecule is CC(C)OC(=O)[C@H](CCC(=O)C=N)NC(=O)[C@H](Cc1c[nH]c2ccccc12)S(C)=O. The third-order valence-electron chi connectivity index (χ3n) is 4.57. The first-order valence-electron chi connectivity index (χ1n) is 9.64. The van der Waals surface area contributed by atoms with Crippen molar-refractivity contribution in [3.63, 3.8) is 0 Å². The first-order valence-corrected chi connectivity index (χ1v) is 11.3. The zero-order valence-electron chi connectivity index (χ0n) is 17.3. The van der Waals surface area contributed by atoms with Gasteiger partial charge in [-0.25, -0.2) is 4.79 Å². The number of carbonyl (C=O) groups is 3. The fourth-order valence-electron chi connectivity index (χ4n) is 3.05. The molecule has 3 atom stereocenters. The number of nitrogens with one attached hydrogen (secondary N) is 3. The van der Waals surface area contributed by atoms with Crippen LogP contribution in [0.1, 0.15) is 32.3 Å². The van der Waals surface area contributed by atoms with Crippen LogP contribution in [0.5, 0.6) is 0 Å². The van der Waals surface area contributed by atoms with Crippen molar-refractivity contribution < 1.29 is 23.3 Å². The Morgan fingerprint density at radius 1 is 1.27 bits per heavy atom. The predicted molar refractivity (Wildman–Crippen MR) is 116 cm³/mol. The lowest BCUT2D eigenvalue weighted by molar-refractivity contribution is -0.151. The van der Waals surface area contributed by atoms with Crippen molar-refractivity contribution in [1.82, 2.24) is 10.3 Å². The number of benzene rings is 1. The third kappa shape index (κ3) is 6.35. The zero-order valence-corrected chi connectivity index (χ0v) is 18.1. The Bertz CT molecular complexity index is 953. The smallest absolute Gasteiger partial charge is 0.328 e. The topological polar surface area (TPSA) is 129 Å². The molecule has 162 valence electrons. The van der Waals surface area contributed by atoms with Crippen LogP contribution in [0, 0.1) is 5.41 Å². The van der Waals surface area contributed by atoms with E-state index < -0.39 is 45.9 Å². The Balaban J connectivity index is 2.18. The van der Waals surface area contributed by atoms with Gasteiger partial charge in [-0.2, -0.15) is 0 Å². The molecule has 1 heterocycles. The Morgan fingerprint density at radius 3 is 2.60 bits per heavy atom. The summed E-state index contributed by atoms with van der Waals surface area (Å²) in [4.78, 5) is 39.9. The van der Waals surface area contributed by atoms with Crippen LogP contribution in [0.15, 0.2) is 30.5 Å². The number of carbonyl (C=O) groups excluding carboxylic acids is 3. The fourth-order valence-corrected chi connectivity index (χ4v) is 3.83. The number of amides is 1. The van der Waals surface area contributed by atoms with Crippen molar-refractivity contribution in [3.05, 3.63) is 36.0 Å². The Hall–Kier alpha value is -2.81. The third-order valence-corrected chi connectivity index (χ3v) is 5.75. The molecule has 1 unspecified atom stereocenters. The van der Waals surface area contributed by atoms with E-state index in [0.29, 0.717) is 6.21 Å². The summed E-state index contributed by atoms with van der Waals surface area (Å²) in [5.41, 5.74) is 1.76. The highest BCUT2D eigenvalue weighted by Gasteiger charge is 2.30. The normalized spacial score (nSPS) is 14.1. The minimum absolute atomic E-state index is 0.00165.